The molecule has 19 heavy (non-hydrogen) atoms. The van der Waals surface area contributed by atoms with Crippen LogP contribution >= 0.6 is 0 Å². The number of piperidine rings is 1. The second-order valence-corrected chi connectivity index (χ2v) is 5.16. The van der Waals surface area contributed by atoms with Gasteiger partial charge in [0.05, 0.1) is 19.6 Å². The van der Waals surface area contributed by atoms with Crippen LogP contribution in [0.4, 0.5) is 0 Å². The molecule has 1 N–H and O–H groups in total. The lowest BCUT2D eigenvalue weighted by Gasteiger charge is -2.39. The number of hydrogen-bond donors (Lipinski definition) is 1. The summed E-state index contributed by atoms with van der Waals surface area (Å²) >= 11 is 0. The van der Waals surface area contributed by atoms with Crippen LogP contribution in [0.25, 0.3) is 0 Å². The molecule has 0 aromatic carbocycles. The molecule has 0 bridgehead atoms. The van der Waals surface area contributed by atoms with E-state index in [9.17, 15) is 9.59 Å². The second-order valence-electron chi connectivity index (χ2n) is 5.16. The van der Waals surface area contributed by atoms with Gasteiger partial charge in [0.25, 0.3) is 0 Å². The standard InChI is InChI=1S/C14H26N2O3/c1-4-19-14(18)8-9-15-10-13(17)16-11(2)6-5-7-12(16)3/h11-12,15H,4-10H2,1-3H3. The van der Waals surface area contributed by atoms with Crippen LogP contribution in [0.1, 0.15) is 46.5 Å². The molecule has 0 aromatic rings. The van der Waals surface area contributed by atoms with Gasteiger partial charge in [-0.3, -0.25) is 9.59 Å². The van der Waals surface area contributed by atoms with Crippen molar-refractivity contribution in [3.05, 3.63) is 0 Å². The van der Waals surface area contributed by atoms with Crippen LogP contribution in [-0.2, 0) is 14.3 Å². The summed E-state index contributed by atoms with van der Waals surface area (Å²) in [4.78, 5) is 25.2. The molecular weight excluding hydrogens is 244 g/mol. The predicted molar refractivity (Wildman–Crippen MR) is 73.7 cm³/mol. The summed E-state index contributed by atoms with van der Waals surface area (Å²) < 4.78 is 4.83. The Kier molecular flexibility index (Phi) is 6.84. The van der Waals surface area contributed by atoms with Crippen molar-refractivity contribution in [2.24, 2.45) is 0 Å². The fourth-order valence-electron chi connectivity index (χ4n) is 2.62. The van der Waals surface area contributed by atoms with E-state index >= 15 is 0 Å². The zero-order valence-electron chi connectivity index (χ0n) is 12.3. The molecule has 0 aliphatic carbocycles. The van der Waals surface area contributed by atoms with Crippen LogP contribution in [0, 0.1) is 0 Å². The fourth-order valence-corrected chi connectivity index (χ4v) is 2.62. The van der Waals surface area contributed by atoms with E-state index in [1.54, 1.807) is 6.92 Å². The highest BCUT2D eigenvalue weighted by Gasteiger charge is 2.28. The van der Waals surface area contributed by atoms with E-state index in [0.717, 1.165) is 12.8 Å². The zero-order chi connectivity index (χ0) is 14.3. The Labute approximate surface area is 115 Å². The average Bonchev–Trinajstić information content (AvgIpc) is 2.35. The van der Waals surface area contributed by atoms with Gasteiger partial charge in [-0.15, -0.1) is 0 Å². The Hall–Kier alpha value is -1.10. The second kappa shape index (κ2) is 8.15. The van der Waals surface area contributed by atoms with E-state index in [4.69, 9.17) is 4.74 Å². The molecule has 5 heteroatoms. The maximum atomic E-state index is 12.1. The van der Waals surface area contributed by atoms with Crippen molar-refractivity contribution < 1.29 is 14.3 Å². The molecule has 0 radical (unpaired) electrons. The SMILES string of the molecule is CCOC(=O)CCNCC(=O)N1C(C)CCCC1C. The van der Waals surface area contributed by atoms with E-state index in [0.29, 0.717) is 38.2 Å². The van der Waals surface area contributed by atoms with Gasteiger partial charge in [0.15, 0.2) is 0 Å². The minimum absolute atomic E-state index is 0.128. The van der Waals surface area contributed by atoms with Crippen molar-refractivity contribution in [3.63, 3.8) is 0 Å². The summed E-state index contributed by atoms with van der Waals surface area (Å²) in [6.07, 6.45) is 3.67. The zero-order valence-corrected chi connectivity index (χ0v) is 12.3. The third-order valence-corrected chi connectivity index (χ3v) is 3.57. The van der Waals surface area contributed by atoms with Gasteiger partial charge < -0.3 is 15.0 Å². The first-order chi connectivity index (χ1) is 9.06. The Morgan fingerprint density at radius 2 is 1.89 bits per heavy atom. The largest absolute Gasteiger partial charge is 0.466 e. The van der Waals surface area contributed by atoms with Crippen LogP contribution < -0.4 is 5.32 Å². The Morgan fingerprint density at radius 1 is 1.26 bits per heavy atom. The molecular formula is C14H26N2O3. The molecule has 1 aliphatic heterocycles. The van der Waals surface area contributed by atoms with E-state index < -0.39 is 0 Å². The lowest BCUT2D eigenvalue weighted by atomic mass is 9.97. The van der Waals surface area contributed by atoms with Crippen molar-refractivity contribution in [2.45, 2.75) is 58.5 Å². The molecule has 1 amide bonds. The molecule has 2 atom stereocenters. The van der Waals surface area contributed by atoms with Gasteiger partial charge >= 0.3 is 5.97 Å². The number of rotatable bonds is 6. The van der Waals surface area contributed by atoms with Crippen LogP contribution in [0.15, 0.2) is 0 Å². The maximum Gasteiger partial charge on any atom is 0.307 e. The lowest BCUT2D eigenvalue weighted by molar-refractivity contribution is -0.143. The number of carbonyl (C=O) groups is 2. The molecule has 1 saturated heterocycles. The number of amides is 1. The molecule has 1 fully saturated rings. The first kappa shape index (κ1) is 16.0. The monoisotopic (exact) mass is 270 g/mol. The summed E-state index contributed by atoms with van der Waals surface area (Å²) in [5.41, 5.74) is 0. The van der Waals surface area contributed by atoms with Crippen molar-refractivity contribution in [2.75, 3.05) is 19.7 Å². The Balaban J connectivity index is 2.25. The average molecular weight is 270 g/mol. The highest BCUT2D eigenvalue weighted by atomic mass is 16.5. The van der Waals surface area contributed by atoms with Gasteiger partial charge in [-0.05, 0) is 40.0 Å². The van der Waals surface area contributed by atoms with Crippen LogP contribution in [0.2, 0.25) is 0 Å². The molecule has 1 rings (SSSR count). The van der Waals surface area contributed by atoms with Gasteiger partial charge in [0, 0.05) is 18.6 Å². The van der Waals surface area contributed by atoms with Crippen molar-refractivity contribution in [3.8, 4) is 0 Å². The summed E-state index contributed by atoms with van der Waals surface area (Å²) in [5.74, 6) is -0.0919. The number of nitrogens with one attached hydrogen (secondary N) is 1. The normalized spacial score (nSPS) is 23.2. The lowest BCUT2D eigenvalue weighted by Crippen LogP contribution is -2.50. The number of esters is 1. The quantitative estimate of drug-likeness (QED) is 0.584. The predicted octanol–water partition coefficient (Wildman–Crippen LogP) is 1.32. The van der Waals surface area contributed by atoms with Crippen molar-refractivity contribution in [1.82, 2.24) is 10.2 Å². The highest BCUT2D eigenvalue weighted by molar-refractivity contribution is 5.79. The number of ether oxygens (including phenoxy) is 1. The molecule has 110 valence electrons. The summed E-state index contributed by atoms with van der Waals surface area (Å²) in [5, 5.41) is 3.02. The van der Waals surface area contributed by atoms with E-state index in [1.165, 1.54) is 6.42 Å². The van der Waals surface area contributed by atoms with Crippen molar-refractivity contribution >= 4 is 11.9 Å². The first-order valence-electron chi connectivity index (χ1n) is 7.23. The van der Waals surface area contributed by atoms with Gasteiger partial charge in [0.2, 0.25) is 5.91 Å². The van der Waals surface area contributed by atoms with Gasteiger partial charge in [-0.25, -0.2) is 0 Å². The minimum atomic E-state index is -0.220. The highest BCUT2D eigenvalue weighted by Crippen LogP contribution is 2.22. The summed E-state index contributed by atoms with van der Waals surface area (Å²) in [6.45, 7) is 7.18. The third kappa shape index (κ3) is 5.19. The summed E-state index contributed by atoms with van der Waals surface area (Å²) in [6, 6.07) is 0.645. The molecule has 1 heterocycles. The third-order valence-electron chi connectivity index (χ3n) is 3.57. The molecule has 5 nitrogen and oxygen atoms in total. The van der Waals surface area contributed by atoms with Crippen LogP contribution in [-0.4, -0.2) is 48.6 Å². The molecule has 0 aromatic heterocycles. The van der Waals surface area contributed by atoms with Crippen molar-refractivity contribution in [1.29, 1.82) is 0 Å². The number of nitrogens with zero attached hydrogens (tertiary/aromatic N) is 1. The van der Waals surface area contributed by atoms with E-state index in [1.807, 2.05) is 4.90 Å². The minimum Gasteiger partial charge on any atom is -0.466 e. The molecule has 2 unspecified atom stereocenters. The van der Waals surface area contributed by atoms with Crippen LogP contribution in [0.5, 0.6) is 0 Å². The van der Waals surface area contributed by atoms with E-state index in [2.05, 4.69) is 19.2 Å². The van der Waals surface area contributed by atoms with Gasteiger partial charge in [-0.1, -0.05) is 0 Å². The molecule has 0 saturated carbocycles. The number of hydrogen-bond acceptors (Lipinski definition) is 4. The fraction of sp³-hybridized carbons (Fsp3) is 0.857. The van der Waals surface area contributed by atoms with Gasteiger partial charge in [-0.2, -0.15) is 0 Å². The number of carbonyl (C=O) groups excluding carboxylic acids is 2. The van der Waals surface area contributed by atoms with Gasteiger partial charge in [0.1, 0.15) is 0 Å². The topological polar surface area (TPSA) is 58.6 Å². The first-order valence-corrected chi connectivity index (χ1v) is 7.23. The van der Waals surface area contributed by atoms with E-state index in [-0.39, 0.29) is 11.9 Å². The Bertz CT molecular complexity index is 297. The van der Waals surface area contributed by atoms with Crippen LogP contribution in [0.3, 0.4) is 0 Å². The number of likely N-dealkylation sites (tertiary alicyclic amines) is 1. The molecule has 0 spiro atoms. The summed E-state index contributed by atoms with van der Waals surface area (Å²) in [7, 11) is 0. The maximum absolute atomic E-state index is 12.1. The smallest absolute Gasteiger partial charge is 0.307 e. The Morgan fingerprint density at radius 3 is 2.47 bits per heavy atom. The molecule has 1 aliphatic rings.